The van der Waals surface area contributed by atoms with Crippen LogP contribution in [0.2, 0.25) is 5.02 Å². The number of hydrogen-bond donors (Lipinski definition) is 0. The van der Waals surface area contributed by atoms with Crippen molar-refractivity contribution in [2.24, 2.45) is 0 Å². The lowest BCUT2D eigenvalue weighted by Gasteiger charge is -2.24. The number of nitrogens with zero attached hydrogens (tertiary/aromatic N) is 3. The lowest BCUT2D eigenvalue weighted by Crippen LogP contribution is -2.41. The number of nitriles is 1. The van der Waals surface area contributed by atoms with Crippen molar-refractivity contribution in [1.82, 2.24) is 9.88 Å². The fourth-order valence-electron chi connectivity index (χ4n) is 2.72. The van der Waals surface area contributed by atoms with E-state index in [-0.39, 0.29) is 12.3 Å². The van der Waals surface area contributed by atoms with Crippen molar-refractivity contribution in [3.05, 3.63) is 58.9 Å². The molecule has 24 heavy (non-hydrogen) atoms. The van der Waals surface area contributed by atoms with Gasteiger partial charge in [0.2, 0.25) is 0 Å². The Hall–Kier alpha value is -2.58. The predicted molar refractivity (Wildman–Crippen MR) is 89.5 cm³/mol. The van der Waals surface area contributed by atoms with Crippen LogP contribution in [0.5, 0.6) is 5.75 Å². The SMILES string of the molecule is N#CCCN(Cc1cccnc1)C(=O)[C@H]1Cc2cc(Cl)ccc2O1. The van der Waals surface area contributed by atoms with E-state index < -0.39 is 6.10 Å². The van der Waals surface area contributed by atoms with Crippen LogP contribution in [-0.2, 0) is 17.8 Å². The molecule has 1 aromatic heterocycles. The summed E-state index contributed by atoms with van der Waals surface area (Å²) in [4.78, 5) is 18.6. The topological polar surface area (TPSA) is 66.2 Å². The number of rotatable bonds is 5. The van der Waals surface area contributed by atoms with Gasteiger partial charge in [-0.15, -0.1) is 0 Å². The molecule has 122 valence electrons. The summed E-state index contributed by atoms with van der Waals surface area (Å²) in [5, 5.41) is 9.48. The molecule has 0 saturated carbocycles. The van der Waals surface area contributed by atoms with E-state index in [1.54, 1.807) is 29.4 Å². The van der Waals surface area contributed by atoms with Crippen molar-refractivity contribution in [1.29, 1.82) is 5.26 Å². The highest BCUT2D eigenvalue weighted by Gasteiger charge is 2.32. The molecule has 3 rings (SSSR count). The zero-order valence-corrected chi connectivity index (χ0v) is 13.7. The van der Waals surface area contributed by atoms with Gasteiger partial charge in [0.1, 0.15) is 5.75 Å². The number of ether oxygens (including phenoxy) is 1. The second-order valence-electron chi connectivity index (χ2n) is 5.59. The zero-order chi connectivity index (χ0) is 16.9. The molecule has 0 radical (unpaired) electrons. The third-order valence-corrected chi connectivity index (χ3v) is 4.11. The van der Waals surface area contributed by atoms with Gasteiger partial charge in [-0.1, -0.05) is 17.7 Å². The molecule has 0 aliphatic carbocycles. The molecule has 1 amide bonds. The van der Waals surface area contributed by atoms with Crippen LogP contribution in [0.25, 0.3) is 0 Å². The highest BCUT2D eigenvalue weighted by Crippen LogP contribution is 2.31. The summed E-state index contributed by atoms with van der Waals surface area (Å²) in [5.41, 5.74) is 1.85. The number of amides is 1. The predicted octanol–water partition coefficient (Wildman–Crippen LogP) is 2.98. The molecule has 5 nitrogen and oxygen atoms in total. The summed E-state index contributed by atoms with van der Waals surface area (Å²) < 4.78 is 5.77. The van der Waals surface area contributed by atoms with Gasteiger partial charge in [-0.2, -0.15) is 5.26 Å². The molecule has 1 atom stereocenters. The van der Waals surface area contributed by atoms with Gasteiger partial charge < -0.3 is 9.64 Å². The molecule has 1 aliphatic rings. The smallest absolute Gasteiger partial charge is 0.264 e. The van der Waals surface area contributed by atoms with E-state index >= 15 is 0 Å². The Bertz CT molecular complexity index is 774. The van der Waals surface area contributed by atoms with Gasteiger partial charge in [0.15, 0.2) is 6.10 Å². The third kappa shape index (κ3) is 3.66. The van der Waals surface area contributed by atoms with Crippen LogP contribution in [0.15, 0.2) is 42.7 Å². The van der Waals surface area contributed by atoms with E-state index in [1.807, 2.05) is 18.2 Å². The summed E-state index contributed by atoms with van der Waals surface area (Å²) >= 11 is 6.00. The molecule has 0 spiro atoms. The normalized spacial score (nSPS) is 15.2. The maximum absolute atomic E-state index is 12.8. The Kier molecular flexibility index (Phi) is 4.97. The first kappa shape index (κ1) is 16.3. The second-order valence-corrected chi connectivity index (χ2v) is 6.03. The van der Waals surface area contributed by atoms with Crippen LogP contribution in [0.3, 0.4) is 0 Å². The number of halogens is 1. The summed E-state index contributed by atoms with van der Waals surface area (Å²) in [6.45, 7) is 0.770. The highest BCUT2D eigenvalue weighted by atomic mass is 35.5. The molecule has 2 aromatic rings. The summed E-state index contributed by atoms with van der Waals surface area (Å²) in [6.07, 6.45) is 3.60. The van der Waals surface area contributed by atoms with E-state index in [2.05, 4.69) is 11.1 Å². The average molecular weight is 342 g/mol. The van der Waals surface area contributed by atoms with Crippen molar-refractivity contribution in [3.63, 3.8) is 0 Å². The summed E-state index contributed by atoms with van der Waals surface area (Å²) in [7, 11) is 0. The van der Waals surface area contributed by atoms with E-state index in [1.165, 1.54) is 0 Å². The molecule has 0 unspecified atom stereocenters. The molecular formula is C18H16ClN3O2. The minimum absolute atomic E-state index is 0.124. The Balaban J connectivity index is 1.73. The van der Waals surface area contributed by atoms with Crippen LogP contribution < -0.4 is 4.74 Å². The van der Waals surface area contributed by atoms with Crippen LogP contribution in [0, 0.1) is 11.3 Å². The zero-order valence-electron chi connectivity index (χ0n) is 13.0. The number of benzene rings is 1. The first-order valence-corrected chi connectivity index (χ1v) is 8.05. The molecule has 0 bridgehead atoms. The fraction of sp³-hybridized carbons (Fsp3) is 0.278. The second kappa shape index (κ2) is 7.33. The van der Waals surface area contributed by atoms with E-state index in [0.717, 1.165) is 11.1 Å². The monoisotopic (exact) mass is 341 g/mol. The summed E-state index contributed by atoms with van der Waals surface area (Å²) in [6, 6.07) is 11.2. The largest absolute Gasteiger partial charge is 0.480 e. The van der Waals surface area contributed by atoms with Gasteiger partial charge in [-0.25, -0.2) is 0 Å². The van der Waals surface area contributed by atoms with Crippen molar-refractivity contribution in [2.75, 3.05) is 6.54 Å². The van der Waals surface area contributed by atoms with Crippen LogP contribution in [-0.4, -0.2) is 28.4 Å². The number of fused-ring (bicyclic) bond motifs is 1. The van der Waals surface area contributed by atoms with Gasteiger partial charge in [0.05, 0.1) is 12.5 Å². The quantitative estimate of drug-likeness (QED) is 0.838. The Morgan fingerprint density at radius 1 is 1.46 bits per heavy atom. The molecule has 0 saturated heterocycles. The van der Waals surface area contributed by atoms with Gasteiger partial charge >= 0.3 is 0 Å². The summed E-state index contributed by atoms with van der Waals surface area (Å²) in [5.74, 6) is 0.570. The van der Waals surface area contributed by atoms with Crippen LogP contribution in [0.1, 0.15) is 17.5 Å². The Morgan fingerprint density at radius 2 is 2.33 bits per heavy atom. The third-order valence-electron chi connectivity index (χ3n) is 3.87. The lowest BCUT2D eigenvalue weighted by atomic mass is 10.1. The maximum atomic E-state index is 12.8. The van der Waals surface area contributed by atoms with Crippen LogP contribution >= 0.6 is 11.6 Å². The molecule has 2 heterocycles. The molecule has 0 fully saturated rings. The fourth-order valence-corrected chi connectivity index (χ4v) is 2.92. The van der Waals surface area contributed by atoms with Crippen molar-refractivity contribution >= 4 is 17.5 Å². The van der Waals surface area contributed by atoms with E-state index in [0.29, 0.717) is 30.3 Å². The molecule has 6 heteroatoms. The number of hydrogen-bond acceptors (Lipinski definition) is 4. The van der Waals surface area contributed by atoms with Gasteiger partial charge in [-0.05, 0) is 35.4 Å². The minimum atomic E-state index is -0.575. The van der Waals surface area contributed by atoms with Crippen molar-refractivity contribution in [2.45, 2.75) is 25.5 Å². The standard InChI is InChI=1S/C18H16ClN3O2/c19-15-4-5-16-14(9-15)10-17(24-16)18(23)22(8-2-6-20)12-13-3-1-7-21-11-13/h1,3-5,7,9,11,17H,2,8,10,12H2/t17-/m1/s1. The van der Waals surface area contributed by atoms with Gasteiger partial charge in [0.25, 0.3) is 5.91 Å². The molecule has 1 aliphatic heterocycles. The first-order chi connectivity index (χ1) is 11.7. The van der Waals surface area contributed by atoms with E-state index in [4.69, 9.17) is 21.6 Å². The number of pyridine rings is 1. The van der Waals surface area contributed by atoms with Crippen molar-refractivity contribution < 1.29 is 9.53 Å². The number of carbonyl (C=O) groups excluding carboxylic acids is 1. The maximum Gasteiger partial charge on any atom is 0.264 e. The molecular weight excluding hydrogens is 326 g/mol. The number of carbonyl (C=O) groups is 1. The van der Waals surface area contributed by atoms with Gasteiger partial charge in [-0.3, -0.25) is 9.78 Å². The molecule has 1 aromatic carbocycles. The Labute approximate surface area is 145 Å². The lowest BCUT2D eigenvalue weighted by molar-refractivity contribution is -0.138. The Morgan fingerprint density at radius 3 is 3.08 bits per heavy atom. The average Bonchev–Trinajstić information content (AvgIpc) is 3.02. The van der Waals surface area contributed by atoms with Gasteiger partial charge in [0, 0.05) is 36.9 Å². The van der Waals surface area contributed by atoms with Crippen LogP contribution in [0.4, 0.5) is 0 Å². The highest BCUT2D eigenvalue weighted by molar-refractivity contribution is 6.30. The van der Waals surface area contributed by atoms with Crippen molar-refractivity contribution in [3.8, 4) is 11.8 Å². The number of aromatic nitrogens is 1. The first-order valence-electron chi connectivity index (χ1n) is 7.67. The minimum Gasteiger partial charge on any atom is -0.480 e. The molecule has 0 N–H and O–H groups in total. The van der Waals surface area contributed by atoms with E-state index in [9.17, 15) is 4.79 Å².